The smallest absolute Gasteiger partial charge is 0.278 e. The summed E-state index contributed by atoms with van der Waals surface area (Å²) >= 11 is 5.91. The van der Waals surface area contributed by atoms with Crippen LogP contribution in [0, 0.1) is 5.82 Å². The van der Waals surface area contributed by atoms with E-state index in [0.29, 0.717) is 18.1 Å². The molecule has 2 aliphatic heterocycles. The van der Waals surface area contributed by atoms with Crippen molar-refractivity contribution in [2.45, 2.75) is 6.54 Å². The number of carbonyl (C=O) groups is 1. The number of nitrogens with zero attached hydrogens (tertiary/aromatic N) is 4. The Bertz CT molecular complexity index is 1190. The molecule has 3 aromatic carbocycles. The molecule has 0 N–H and O–H groups in total. The van der Waals surface area contributed by atoms with Gasteiger partial charge in [-0.1, -0.05) is 60.1 Å². The minimum atomic E-state index is -0.508. The van der Waals surface area contributed by atoms with E-state index in [1.165, 1.54) is 23.8 Å². The van der Waals surface area contributed by atoms with Crippen molar-refractivity contribution >= 4 is 34.6 Å². The van der Waals surface area contributed by atoms with Crippen molar-refractivity contribution in [3.8, 4) is 0 Å². The highest BCUT2D eigenvalue weighted by Gasteiger charge is 2.35. The number of amides is 1. The molecule has 2 aliphatic rings. The molecule has 7 heteroatoms. The number of halogens is 2. The van der Waals surface area contributed by atoms with Gasteiger partial charge in [-0.25, -0.2) is 9.38 Å². The molecule has 0 atom stereocenters. The van der Waals surface area contributed by atoms with Crippen molar-refractivity contribution in [2.75, 3.05) is 37.7 Å². The summed E-state index contributed by atoms with van der Waals surface area (Å²) in [5, 5.41) is -0.0131. The van der Waals surface area contributed by atoms with Gasteiger partial charge in [-0.3, -0.25) is 19.5 Å². The van der Waals surface area contributed by atoms with Crippen LogP contribution >= 0.6 is 11.6 Å². The molecular weight excluding hydrogens is 439 g/mol. The molecule has 3 aromatic rings. The highest BCUT2D eigenvalue weighted by Crippen LogP contribution is 2.32. The van der Waals surface area contributed by atoms with Crippen LogP contribution in [-0.4, -0.2) is 54.3 Å². The number of aliphatic imine (C=N–C) groups is 1. The molecule has 168 valence electrons. The predicted octanol–water partition coefficient (Wildman–Crippen LogP) is 4.72. The van der Waals surface area contributed by atoms with Crippen LogP contribution in [0.3, 0.4) is 0 Å². The summed E-state index contributed by atoms with van der Waals surface area (Å²) < 4.78 is 13.5. The number of carbonyl (C=O) groups excluding carboxylic acids is 1. The summed E-state index contributed by atoms with van der Waals surface area (Å²) in [4.78, 5) is 24.4. The first-order valence-electron chi connectivity index (χ1n) is 11.0. The zero-order chi connectivity index (χ0) is 22.8. The number of benzene rings is 3. The second kappa shape index (κ2) is 9.43. The lowest BCUT2D eigenvalue weighted by Crippen LogP contribution is -2.50. The van der Waals surface area contributed by atoms with Crippen molar-refractivity contribution in [3.05, 3.63) is 94.8 Å². The number of rotatable bonds is 5. The summed E-state index contributed by atoms with van der Waals surface area (Å²) in [6, 6.07) is 22.4. The van der Waals surface area contributed by atoms with Gasteiger partial charge in [-0.2, -0.15) is 0 Å². The molecule has 0 spiro atoms. The van der Waals surface area contributed by atoms with Gasteiger partial charge in [0.25, 0.3) is 5.91 Å². The zero-order valence-electron chi connectivity index (χ0n) is 18.1. The molecule has 2 heterocycles. The van der Waals surface area contributed by atoms with E-state index in [0.717, 1.165) is 44.0 Å². The number of piperazine rings is 1. The van der Waals surface area contributed by atoms with Gasteiger partial charge >= 0.3 is 0 Å². The molecule has 0 aliphatic carbocycles. The molecule has 0 saturated carbocycles. The van der Waals surface area contributed by atoms with Gasteiger partial charge in [0.15, 0.2) is 0 Å². The molecule has 1 saturated heterocycles. The summed E-state index contributed by atoms with van der Waals surface area (Å²) in [6.07, 6.45) is 0. The number of anilines is 1. The summed E-state index contributed by atoms with van der Waals surface area (Å²) in [5.74, 6) is -0.657. The van der Waals surface area contributed by atoms with Crippen LogP contribution in [0.15, 0.2) is 77.8 Å². The van der Waals surface area contributed by atoms with Gasteiger partial charge in [-0.05, 0) is 29.8 Å². The largest absolute Gasteiger partial charge is 0.297 e. The molecular formula is C26H24ClFN4O. The monoisotopic (exact) mass is 462 g/mol. The van der Waals surface area contributed by atoms with E-state index in [1.54, 1.807) is 4.90 Å². The predicted molar refractivity (Wildman–Crippen MR) is 130 cm³/mol. The normalized spacial score (nSPS) is 18.2. The standard InChI is InChI=1S/C26H24ClFN4O/c27-22-16-20(10-11-23(22)28)29-25-21-8-4-5-9-24(21)32(26(25)33)18-31-14-12-30(13-15-31)17-19-6-2-1-3-7-19/h1-11,16H,12-15,17-18H2. The van der Waals surface area contributed by atoms with Crippen LogP contribution in [0.1, 0.15) is 11.1 Å². The molecule has 33 heavy (non-hydrogen) atoms. The molecule has 0 bridgehead atoms. The third kappa shape index (κ3) is 4.69. The van der Waals surface area contributed by atoms with Crippen LogP contribution in [0.5, 0.6) is 0 Å². The molecule has 5 nitrogen and oxygen atoms in total. The Morgan fingerprint density at radius 1 is 0.879 bits per heavy atom. The van der Waals surface area contributed by atoms with E-state index in [1.807, 2.05) is 30.3 Å². The lowest BCUT2D eigenvalue weighted by atomic mass is 10.1. The van der Waals surface area contributed by atoms with Crippen molar-refractivity contribution in [3.63, 3.8) is 0 Å². The van der Waals surface area contributed by atoms with E-state index in [4.69, 9.17) is 11.6 Å². The Hall–Kier alpha value is -3.06. The van der Waals surface area contributed by atoms with E-state index < -0.39 is 5.82 Å². The van der Waals surface area contributed by atoms with Gasteiger partial charge < -0.3 is 0 Å². The van der Waals surface area contributed by atoms with Gasteiger partial charge in [0, 0.05) is 38.3 Å². The topological polar surface area (TPSA) is 39.2 Å². The minimum Gasteiger partial charge on any atom is -0.297 e. The quantitative estimate of drug-likeness (QED) is 0.550. The highest BCUT2D eigenvalue weighted by molar-refractivity contribution is 6.54. The Morgan fingerprint density at radius 2 is 1.58 bits per heavy atom. The minimum absolute atomic E-state index is 0.0131. The number of hydrogen-bond acceptors (Lipinski definition) is 4. The third-order valence-corrected chi connectivity index (χ3v) is 6.39. The zero-order valence-corrected chi connectivity index (χ0v) is 18.9. The Balaban J connectivity index is 1.30. The lowest BCUT2D eigenvalue weighted by molar-refractivity contribution is -0.112. The van der Waals surface area contributed by atoms with Gasteiger partial charge in [0.1, 0.15) is 11.5 Å². The maximum absolute atomic E-state index is 13.5. The van der Waals surface area contributed by atoms with Crippen LogP contribution < -0.4 is 4.90 Å². The SMILES string of the molecule is O=C1C(=Nc2ccc(F)c(Cl)c2)c2ccccc2N1CN1CCN(Cc2ccccc2)CC1. The van der Waals surface area contributed by atoms with Crippen molar-refractivity contribution < 1.29 is 9.18 Å². The Labute approximate surface area is 197 Å². The second-order valence-electron chi connectivity index (χ2n) is 8.33. The first kappa shape index (κ1) is 21.8. The lowest BCUT2D eigenvalue weighted by Gasteiger charge is -2.36. The van der Waals surface area contributed by atoms with Gasteiger partial charge in [0.2, 0.25) is 0 Å². The van der Waals surface area contributed by atoms with E-state index in [9.17, 15) is 9.18 Å². The fourth-order valence-electron chi connectivity index (χ4n) is 4.32. The highest BCUT2D eigenvalue weighted by atomic mass is 35.5. The third-order valence-electron chi connectivity index (χ3n) is 6.10. The van der Waals surface area contributed by atoms with Gasteiger partial charge in [0.05, 0.1) is 23.1 Å². The molecule has 0 radical (unpaired) electrons. The van der Waals surface area contributed by atoms with Crippen molar-refractivity contribution in [1.29, 1.82) is 0 Å². The van der Waals surface area contributed by atoms with Crippen LogP contribution in [0.4, 0.5) is 15.8 Å². The number of para-hydroxylation sites is 1. The summed E-state index contributed by atoms with van der Waals surface area (Å²) in [7, 11) is 0. The second-order valence-corrected chi connectivity index (χ2v) is 8.74. The number of fused-ring (bicyclic) bond motifs is 1. The first-order valence-corrected chi connectivity index (χ1v) is 11.4. The van der Waals surface area contributed by atoms with E-state index in [-0.39, 0.29) is 10.9 Å². The van der Waals surface area contributed by atoms with Gasteiger partial charge in [-0.15, -0.1) is 0 Å². The molecule has 1 fully saturated rings. The molecule has 1 amide bonds. The van der Waals surface area contributed by atoms with Crippen LogP contribution in [0.2, 0.25) is 5.02 Å². The Kier molecular flexibility index (Phi) is 6.22. The maximum atomic E-state index is 13.5. The Morgan fingerprint density at radius 3 is 2.33 bits per heavy atom. The summed E-state index contributed by atoms with van der Waals surface area (Å²) in [5.41, 5.74) is 3.76. The van der Waals surface area contributed by atoms with Crippen molar-refractivity contribution in [2.24, 2.45) is 4.99 Å². The maximum Gasteiger partial charge on any atom is 0.278 e. The van der Waals surface area contributed by atoms with E-state index in [2.05, 4.69) is 39.1 Å². The number of hydrogen-bond donors (Lipinski definition) is 0. The van der Waals surface area contributed by atoms with E-state index >= 15 is 0 Å². The molecule has 0 aromatic heterocycles. The average molecular weight is 463 g/mol. The molecule has 0 unspecified atom stereocenters. The molecule has 5 rings (SSSR count). The first-order chi connectivity index (χ1) is 16.1. The van der Waals surface area contributed by atoms with Crippen LogP contribution in [0.25, 0.3) is 0 Å². The fraction of sp³-hybridized carbons (Fsp3) is 0.231. The summed E-state index contributed by atoms with van der Waals surface area (Å²) in [6.45, 7) is 5.13. The van der Waals surface area contributed by atoms with Crippen LogP contribution in [-0.2, 0) is 11.3 Å². The fourth-order valence-corrected chi connectivity index (χ4v) is 4.50. The average Bonchev–Trinajstić information content (AvgIpc) is 3.09. The van der Waals surface area contributed by atoms with Crippen molar-refractivity contribution in [1.82, 2.24) is 9.80 Å².